The summed E-state index contributed by atoms with van der Waals surface area (Å²) in [6.07, 6.45) is 3.85. The Kier molecular flexibility index (Phi) is 4.11. The number of carbonyl (C=O) groups is 1. The molecule has 1 unspecified atom stereocenters. The molecule has 0 aromatic carbocycles. The van der Waals surface area contributed by atoms with Crippen LogP contribution in [0.4, 0.5) is 0 Å². The molecule has 1 rings (SSSR count). The maximum absolute atomic E-state index is 11.2. The largest absolute Gasteiger partial charge is 0.480 e. The van der Waals surface area contributed by atoms with Crippen LogP contribution in [0.3, 0.4) is 0 Å². The van der Waals surface area contributed by atoms with Gasteiger partial charge in [0, 0.05) is 6.04 Å². The summed E-state index contributed by atoms with van der Waals surface area (Å²) in [5.41, 5.74) is -0.739. The molecule has 1 aliphatic carbocycles. The lowest BCUT2D eigenvalue weighted by Crippen LogP contribution is -2.50. The summed E-state index contributed by atoms with van der Waals surface area (Å²) in [5.74, 6) is -0.729. The second kappa shape index (κ2) is 4.94. The van der Waals surface area contributed by atoms with Gasteiger partial charge < -0.3 is 10.0 Å². The number of nitrogens with one attached hydrogen (secondary N) is 1. The molecule has 1 aliphatic rings. The van der Waals surface area contributed by atoms with E-state index in [0.717, 1.165) is 25.8 Å². The fraction of sp³-hybridized carbons (Fsp3) is 0.909. The van der Waals surface area contributed by atoms with Gasteiger partial charge in [0.25, 0.3) is 0 Å². The van der Waals surface area contributed by atoms with Crippen molar-refractivity contribution in [3.8, 4) is 0 Å². The number of hydrogen-bond acceptors (Lipinski definition) is 3. The molecule has 4 heteroatoms. The predicted octanol–water partition coefficient (Wildman–Crippen LogP) is 0.923. The summed E-state index contributed by atoms with van der Waals surface area (Å²) < 4.78 is 0. The van der Waals surface area contributed by atoms with Crippen molar-refractivity contribution in [2.75, 3.05) is 20.6 Å². The van der Waals surface area contributed by atoms with Crippen LogP contribution in [0.25, 0.3) is 0 Å². The van der Waals surface area contributed by atoms with Gasteiger partial charge in [-0.05, 0) is 53.2 Å². The van der Waals surface area contributed by atoms with E-state index in [0.29, 0.717) is 12.5 Å². The molecular formula is C11H22N2O2. The van der Waals surface area contributed by atoms with E-state index < -0.39 is 11.5 Å². The molecular weight excluding hydrogens is 192 g/mol. The number of rotatable bonds is 7. The lowest BCUT2D eigenvalue weighted by Gasteiger charge is -2.27. The molecule has 0 aliphatic heterocycles. The van der Waals surface area contributed by atoms with Gasteiger partial charge >= 0.3 is 5.97 Å². The van der Waals surface area contributed by atoms with Gasteiger partial charge in [0.2, 0.25) is 0 Å². The molecule has 1 atom stereocenters. The molecule has 2 N–H and O–H groups in total. The minimum absolute atomic E-state index is 0.436. The van der Waals surface area contributed by atoms with E-state index in [1.54, 1.807) is 6.92 Å². The Morgan fingerprint density at radius 1 is 1.53 bits per heavy atom. The first kappa shape index (κ1) is 12.5. The lowest BCUT2D eigenvalue weighted by atomic mass is 9.95. The average molecular weight is 214 g/mol. The van der Waals surface area contributed by atoms with Crippen LogP contribution in [0.1, 0.15) is 32.6 Å². The van der Waals surface area contributed by atoms with Gasteiger partial charge in [-0.1, -0.05) is 0 Å². The zero-order chi connectivity index (χ0) is 11.5. The molecule has 0 saturated heterocycles. The van der Waals surface area contributed by atoms with Crippen molar-refractivity contribution in [1.82, 2.24) is 10.2 Å². The molecule has 88 valence electrons. The van der Waals surface area contributed by atoms with Crippen LogP contribution in [-0.2, 0) is 4.79 Å². The topological polar surface area (TPSA) is 52.6 Å². The second-order valence-electron chi connectivity index (χ2n) is 4.96. The van der Waals surface area contributed by atoms with E-state index in [2.05, 4.69) is 10.2 Å². The second-order valence-corrected chi connectivity index (χ2v) is 4.96. The smallest absolute Gasteiger partial charge is 0.323 e. The van der Waals surface area contributed by atoms with Crippen LogP contribution >= 0.6 is 0 Å². The van der Waals surface area contributed by atoms with Crippen molar-refractivity contribution in [2.24, 2.45) is 0 Å². The maximum Gasteiger partial charge on any atom is 0.323 e. The first-order chi connectivity index (χ1) is 6.94. The van der Waals surface area contributed by atoms with Crippen LogP contribution in [-0.4, -0.2) is 48.2 Å². The summed E-state index contributed by atoms with van der Waals surface area (Å²) in [4.78, 5) is 13.3. The normalized spacial score (nSPS) is 20.3. The van der Waals surface area contributed by atoms with E-state index in [1.807, 2.05) is 14.1 Å². The Morgan fingerprint density at radius 3 is 2.53 bits per heavy atom. The quantitative estimate of drug-likeness (QED) is 0.662. The molecule has 0 heterocycles. The molecule has 0 aromatic rings. The number of nitrogens with zero attached hydrogens (tertiary/aromatic N) is 1. The highest BCUT2D eigenvalue weighted by Crippen LogP contribution is 2.24. The highest BCUT2D eigenvalue weighted by Gasteiger charge is 2.37. The summed E-state index contributed by atoms with van der Waals surface area (Å²) >= 11 is 0. The van der Waals surface area contributed by atoms with Crippen LogP contribution in [0.5, 0.6) is 0 Å². The standard InChI is InChI=1S/C11H22N2O2/c1-11(10(14)15,12-9-5-6-9)7-4-8-13(2)3/h9,12H,4-8H2,1-3H3,(H,14,15). The average Bonchev–Trinajstić information content (AvgIpc) is 2.87. The fourth-order valence-electron chi connectivity index (χ4n) is 1.67. The van der Waals surface area contributed by atoms with Crippen molar-refractivity contribution in [1.29, 1.82) is 0 Å². The molecule has 15 heavy (non-hydrogen) atoms. The SMILES string of the molecule is CN(C)CCCC(C)(NC1CC1)C(=O)O. The van der Waals surface area contributed by atoms with Crippen LogP contribution in [0.15, 0.2) is 0 Å². The van der Waals surface area contributed by atoms with E-state index in [9.17, 15) is 9.90 Å². The van der Waals surface area contributed by atoms with Gasteiger partial charge in [0.1, 0.15) is 5.54 Å². The molecule has 1 fully saturated rings. The Morgan fingerprint density at radius 2 is 2.13 bits per heavy atom. The highest BCUT2D eigenvalue weighted by molar-refractivity contribution is 5.78. The first-order valence-corrected chi connectivity index (χ1v) is 5.60. The van der Waals surface area contributed by atoms with Gasteiger partial charge in [-0.25, -0.2) is 0 Å². The number of aliphatic carboxylic acids is 1. The predicted molar refractivity (Wildman–Crippen MR) is 60.0 cm³/mol. The molecule has 0 aromatic heterocycles. The van der Waals surface area contributed by atoms with Gasteiger partial charge in [-0.3, -0.25) is 10.1 Å². The van der Waals surface area contributed by atoms with Gasteiger partial charge in [0.15, 0.2) is 0 Å². The Labute approximate surface area is 91.6 Å². The molecule has 0 bridgehead atoms. The minimum atomic E-state index is -0.739. The summed E-state index contributed by atoms with van der Waals surface area (Å²) in [6.45, 7) is 2.73. The fourth-order valence-corrected chi connectivity index (χ4v) is 1.67. The van der Waals surface area contributed by atoms with E-state index in [1.165, 1.54) is 0 Å². The number of carboxylic acid groups (broad SMARTS) is 1. The minimum Gasteiger partial charge on any atom is -0.480 e. The van der Waals surface area contributed by atoms with Crippen molar-refractivity contribution >= 4 is 5.97 Å². The van der Waals surface area contributed by atoms with Crippen molar-refractivity contribution in [3.05, 3.63) is 0 Å². The van der Waals surface area contributed by atoms with E-state index in [4.69, 9.17) is 0 Å². The first-order valence-electron chi connectivity index (χ1n) is 5.60. The maximum atomic E-state index is 11.2. The molecule has 0 radical (unpaired) electrons. The summed E-state index contributed by atoms with van der Waals surface area (Å²) in [7, 11) is 4.01. The Bertz CT molecular complexity index is 227. The zero-order valence-electron chi connectivity index (χ0n) is 9.92. The highest BCUT2D eigenvalue weighted by atomic mass is 16.4. The Balaban J connectivity index is 2.37. The molecule has 1 saturated carbocycles. The van der Waals surface area contributed by atoms with Crippen molar-refractivity contribution in [3.63, 3.8) is 0 Å². The van der Waals surface area contributed by atoms with E-state index in [-0.39, 0.29) is 0 Å². The summed E-state index contributed by atoms with van der Waals surface area (Å²) in [6, 6.07) is 0.436. The van der Waals surface area contributed by atoms with Crippen LogP contribution in [0.2, 0.25) is 0 Å². The Hall–Kier alpha value is -0.610. The summed E-state index contributed by atoms with van der Waals surface area (Å²) in [5, 5.41) is 12.4. The van der Waals surface area contributed by atoms with Crippen molar-refractivity contribution in [2.45, 2.75) is 44.2 Å². The van der Waals surface area contributed by atoms with Crippen LogP contribution < -0.4 is 5.32 Å². The monoisotopic (exact) mass is 214 g/mol. The third kappa shape index (κ3) is 4.18. The third-order valence-electron chi connectivity index (χ3n) is 2.85. The zero-order valence-corrected chi connectivity index (χ0v) is 9.92. The number of hydrogen-bond donors (Lipinski definition) is 2. The van der Waals surface area contributed by atoms with Gasteiger partial charge in [-0.15, -0.1) is 0 Å². The van der Waals surface area contributed by atoms with Gasteiger partial charge in [-0.2, -0.15) is 0 Å². The molecule has 0 amide bonds. The molecule has 0 spiro atoms. The number of carboxylic acids is 1. The van der Waals surface area contributed by atoms with Gasteiger partial charge in [0.05, 0.1) is 0 Å². The van der Waals surface area contributed by atoms with Crippen LogP contribution in [0, 0.1) is 0 Å². The van der Waals surface area contributed by atoms with E-state index >= 15 is 0 Å². The lowest BCUT2D eigenvalue weighted by molar-refractivity contribution is -0.144. The third-order valence-corrected chi connectivity index (χ3v) is 2.85. The molecule has 4 nitrogen and oxygen atoms in total. The van der Waals surface area contributed by atoms with Crippen molar-refractivity contribution < 1.29 is 9.90 Å².